The lowest BCUT2D eigenvalue weighted by atomic mass is 10.2. The Bertz CT molecular complexity index is 307. The van der Waals surface area contributed by atoms with Crippen LogP contribution < -0.4 is 4.74 Å². The third kappa shape index (κ3) is 5.54. The lowest BCUT2D eigenvalue weighted by molar-refractivity contribution is 0.242. The molecular formula is C16H27NO. The van der Waals surface area contributed by atoms with Gasteiger partial charge in [0.15, 0.2) is 0 Å². The third-order valence-corrected chi connectivity index (χ3v) is 3.21. The second kappa shape index (κ2) is 8.98. The molecule has 0 saturated heterocycles. The molecule has 102 valence electrons. The number of hydrogen-bond acceptors (Lipinski definition) is 2. The Labute approximate surface area is 112 Å². The van der Waals surface area contributed by atoms with Crippen molar-refractivity contribution in [2.75, 3.05) is 26.2 Å². The van der Waals surface area contributed by atoms with Crippen LogP contribution in [0, 0.1) is 0 Å². The maximum Gasteiger partial charge on any atom is 0.119 e. The van der Waals surface area contributed by atoms with E-state index < -0.39 is 0 Å². The highest BCUT2D eigenvalue weighted by Crippen LogP contribution is 2.12. The average Bonchev–Trinajstić information content (AvgIpc) is 2.43. The fraction of sp³-hybridized carbons (Fsp3) is 0.625. The summed E-state index contributed by atoms with van der Waals surface area (Å²) in [6.45, 7) is 10.9. The Hall–Kier alpha value is -1.02. The van der Waals surface area contributed by atoms with Crippen molar-refractivity contribution in [1.82, 2.24) is 4.90 Å². The van der Waals surface area contributed by atoms with Crippen LogP contribution in [0.3, 0.4) is 0 Å². The van der Waals surface area contributed by atoms with Gasteiger partial charge in [0.1, 0.15) is 5.75 Å². The molecule has 1 aromatic rings. The Morgan fingerprint density at radius 2 is 1.72 bits per heavy atom. The van der Waals surface area contributed by atoms with Gasteiger partial charge >= 0.3 is 0 Å². The number of hydrogen-bond donors (Lipinski definition) is 0. The van der Waals surface area contributed by atoms with Crippen LogP contribution in [-0.2, 0) is 6.42 Å². The lowest BCUT2D eigenvalue weighted by Gasteiger charge is -2.19. The van der Waals surface area contributed by atoms with Crippen molar-refractivity contribution >= 4 is 0 Å². The first-order chi connectivity index (χ1) is 8.80. The van der Waals surface area contributed by atoms with E-state index in [9.17, 15) is 0 Å². The smallest absolute Gasteiger partial charge is 0.119 e. The van der Waals surface area contributed by atoms with Crippen molar-refractivity contribution in [1.29, 1.82) is 0 Å². The Kier molecular flexibility index (Phi) is 7.51. The molecule has 0 aliphatic carbocycles. The molecule has 0 fully saturated rings. The third-order valence-electron chi connectivity index (χ3n) is 3.21. The Morgan fingerprint density at radius 1 is 1.00 bits per heavy atom. The van der Waals surface area contributed by atoms with Crippen LogP contribution in [0.15, 0.2) is 24.3 Å². The molecule has 1 rings (SSSR count). The van der Waals surface area contributed by atoms with Gasteiger partial charge in [0.25, 0.3) is 0 Å². The zero-order chi connectivity index (χ0) is 13.2. The first-order valence-electron chi connectivity index (χ1n) is 7.24. The minimum Gasteiger partial charge on any atom is -0.494 e. The normalized spacial score (nSPS) is 10.9. The minimum atomic E-state index is 0.811. The number of aryl methyl sites for hydroxylation is 1. The van der Waals surface area contributed by atoms with Crippen LogP contribution in [0.4, 0.5) is 0 Å². The van der Waals surface area contributed by atoms with Gasteiger partial charge in [0, 0.05) is 6.54 Å². The molecule has 18 heavy (non-hydrogen) atoms. The molecule has 0 bridgehead atoms. The van der Waals surface area contributed by atoms with E-state index in [2.05, 4.69) is 49.9 Å². The highest BCUT2D eigenvalue weighted by molar-refractivity contribution is 5.27. The van der Waals surface area contributed by atoms with E-state index in [1.807, 2.05) is 0 Å². The van der Waals surface area contributed by atoms with Gasteiger partial charge in [-0.15, -0.1) is 0 Å². The molecule has 1 aromatic carbocycles. The number of ether oxygens (including phenoxy) is 1. The number of rotatable bonds is 9. The van der Waals surface area contributed by atoms with Crippen LogP contribution in [0.2, 0.25) is 0 Å². The van der Waals surface area contributed by atoms with Gasteiger partial charge in [-0.3, -0.25) is 0 Å². The van der Waals surface area contributed by atoms with Crippen LogP contribution >= 0.6 is 0 Å². The van der Waals surface area contributed by atoms with Crippen molar-refractivity contribution in [2.45, 2.75) is 40.0 Å². The fourth-order valence-electron chi connectivity index (χ4n) is 2.04. The summed E-state index contributed by atoms with van der Waals surface area (Å²) < 4.78 is 5.75. The van der Waals surface area contributed by atoms with Gasteiger partial charge in [0.05, 0.1) is 6.61 Å². The average molecular weight is 249 g/mol. The van der Waals surface area contributed by atoms with Gasteiger partial charge < -0.3 is 9.64 Å². The van der Waals surface area contributed by atoms with Gasteiger partial charge in [-0.1, -0.05) is 32.9 Å². The SMILES string of the molecule is CCCN(CC)CCCOc1ccc(CC)cc1. The van der Waals surface area contributed by atoms with E-state index in [1.165, 1.54) is 18.5 Å². The van der Waals surface area contributed by atoms with Gasteiger partial charge in [0.2, 0.25) is 0 Å². The molecule has 0 heterocycles. The lowest BCUT2D eigenvalue weighted by Crippen LogP contribution is -2.26. The summed E-state index contributed by atoms with van der Waals surface area (Å²) >= 11 is 0. The van der Waals surface area contributed by atoms with Crippen LogP contribution in [0.1, 0.15) is 39.2 Å². The van der Waals surface area contributed by atoms with E-state index in [1.54, 1.807) is 0 Å². The summed E-state index contributed by atoms with van der Waals surface area (Å²) in [6, 6.07) is 8.43. The van der Waals surface area contributed by atoms with E-state index >= 15 is 0 Å². The molecule has 0 aliphatic heterocycles. The standard InChI is InChI=1S/C16H27NO/c1-4-12-17(6-3)13-7-14-18-16-10-8-15(5-2)9-11-16/h8-11H,4-7,12-14H2,1-3H3. The molecule has 0 atom stereocenters. The highest BCUT2D eigenvalue weighted by atomic mass is 16.5. The van der Waals surface area contributed by atoms with Crippen molar-refractivity contribution in [3.63, 3.8) is 0 Å². The fourth-order valence-corrected chi connectivity index (χ4v) is 2.04. The van der Waals surface area contributed by atoms with Crippen LogP contribution in [-0.4, -0.2) is 31.1 Å². The second-order valence-electron chi connectivity index (χ2n) is 4.63. The van der Waals surface area contributed by atoms with Crippen molar-refractivity contribution in [3.05, 3.63) is 29.8 Å². The quantitative estimate of drug-likeness (QED) is 0.618. The molecule has 0 amide bonds. The minimum absolute atomic E-state index is 0.811. The zero-order valence-electron chi connectivity index (χ0n) is 12.1. The van der Waals surface area contributed by atoms with Gasteiger partial charge in [-0.05, 0) is 50.0 Å². The first kappa shape index (κ1) is 15.0. The summed E-state index contributed by atoms with van der Waals surface area (Å²) in [5.41, 5.74) is 1.36. The van der Waals surface area contributed by atoms with Crippen molar-refractivity contribution in [3.8, 4) is 5.75 Å². The van der Waals surface area contributed by atoms with Crippen molar-refractivity contribution in [2.24, 2.45) is 0 Å². The van der Waals surface area contributed by atoms with Gasteiger partial charge in [-0.25, -0.2) is 0 Å². The van der Waals surface area contributed by atoms with E-state index in [0.29, 0.717) is 0 Å². The Morgan fingerprint density at radius 3 is 2.28 bits per heavy atom. The predicted molar refractivity (Wildman–Crippen MR) is 78.3 cm³/mol. The van der Waals surface area contributed by atoms with E-state index in [4.69, 9.17) is 4.74 Å². The molecule has 0 N–H and O–H groups in total. The summed E-state index contributed by atoms with van der Waals surface area (Å²) in [5.74, 6) is 0.991. The molecule has 2 heteroatoms. The molecule has 0 aliphatic rings. The van der Waals surface area contributed by atoms with Crippen molar-refractivity contribution < 1.29 is 4.74 Å². The summed E-state index contributed by atoms with van der Waals surface area (Å²) in [4.78, 5) is 2.48. The number of nitrogens with zero attached hydrogens (tertiary/aromatic N) is 1. The number of benzene rings is 1. The molecular weight excluding hydrogens is 222 g/mol. The van der Waals surface area contributed by atoms with E-state index in [0.717, 1.165) is 38.3 Å². The molecule has 0 radical (unpaired) electrons. The molecule has 2 nitrogen and oxygen atoms in total. The molecule has 0 spiro atoms. The van der Waals surface area contributed by atoms with Gasteiger partial charge in [-0.2, -0.15) is 0 Å². The zero-order valence-corrected chi connectivity index (χ0v) is 12.1. The van der Waals surface area contributed by atoms with E-state index in [-0.39, 0.29) is 0 Å². The summed E-state index contributed by atoms with van der Waals surface area (Å²) in [7, 11) is 0. The predicted octanol–water partition coefficient (Wildman–Crippen LogP) is 3.75. The second-order valence-corrected chi connectivity index (χ2v) is 4.63. The largest absolute Gasteiger partial charge is 0.494 e. The summed E-state index contributed by atoms with van der Waals surface area (Å²) in [5, 5.41) is 0. The first-order valence-corrected chi connectivity index (χ1v) is 7.24. The molecule has 0 unspecified atom stereocenters. The monoisotopic (exact) mass is 249 g/mol. The molecule has 0 saturated carbocycles. The molecule has 0 aromatic heterocycles. The maximum atomic E-state index is 5.75. The van der Waals surface area contributed by atoms with Crippen LogP contribution in [0.5, 0.6) is 5.75 Å². The maximum absolute atomic E-state index is 5.75. The Balaban J connectivity index is 2.20. The summed E-state index contributed by atoms with van der Waals surface area (Å²) in [6.07, 6.45) is 3.42. The highest BCUT2D eigenvalue weighted by Gasteiger charge is 2.00. The van der Waals surface area contributed by atoms with Crippen LogP contribution in [0.25, 0.3) is 0 Å². The topological polar surface area (TPSA) is 12.5 Å².